The zero-order chi connectivity index (χ0) is 60.2. The normalized spacial score (nSPS) is 29.4. The molecule has 83 heavy (non-hydrogen) atoms. The summed E-state index contributed by atoms with van der Waals surface area (Å²) in [6.07, 6.45) is -11.6. The molecule has 14 N–H and O–H groups in total. The Morgan fingerprint density at radius 1 is 0.831 bits per heavy atom. The SMILES string of the molecule is CCC1=C(N)c2ncn([C@@H]3OC(COP(=O)(O)OP(=O)(O)OP(=O)(O)OC[C@H]4O[C@@H]([n+]5cn(C)c6c(=O)[nH]c(N)nc65)[C@H](OC)[C@@H]4CC(=O)NC)[C@@H](OP(=O)([O-])OC[C@H]4O[C@@H](n5cnc6c(=O)[nH]c(N)nc65)[C@H](O)[C@@H]4O)[C@H]3OC)c2N=CC1. The molecule has 5 unspecified atom stereocenters. The molecule has 0 spiro atoms. The summed E-state index contributed by atoms with van der Waals surface area (Å²) in [6.45, 7) is -1.44. The van der Waals surface area contributed by atoms with E-state index in [0.717, 1.165) is 23.6 Å². The van der Waals surface area contributed by atoms with Crippen molar-refractivity contribution in [3.8, 4) is 0 Å². The highest BCUT2D eigenvalue weighted by molar-refractivity contribution is 7.66. The van der Waals surface area contributed by atoms with Crippen molar-refractivity contribution >= 4 is 89.2 Å². The largest absolute Gasteiger partial charge is 0.756 e. The molecule has 0 aromatic carbocycles. The van der Waals surface area contributed by atoms with Gasteiger partial charge >= 0.3 is 29.1 Å². The van der Waals surface area contributed by atoms with Gasteiger partial charge in [0.1, 0.15) is 48.4 Å². The molecule has 16 atom stereocenters. The van der Waals surface area contributed by atoms with Gasteiger partial charge in [-0.1, -0.05) is 11.9 Å². The summed E-state index contributed by atoms with van der Waals surface area (Å²) < 4.78 is 117. The first-order valence-electron chi connectivity index (χ1n) is 24.6. The van der Waals surface area contributed by atoms with Gasteiger partial charge in [-0.05, 0) is 12.0 Å². The van der Waals surface area contributed by atoms with E-state index in [1.54, 1.807) is 0 Å². The maximum absolute atomic E-state index is 13.8. The molecular formula is C40H57N15O24P4. The number of allylic oxidation sites excluding steroid dienone is 1. The number of carbonyl (C=O) groups excluding carboxylic acids is 1. The maximum atomic E-state index is 13.8. The number of aliphatic imine (C=N–C) groups is 1. The van der Waals surface area contributed by atoms with E-state index in [9.17, 15) is 62.4 Å². The van der Waals surface area contributed by atoms with Crippen molar-refractivity contribution in [3.05, 3.63) is 51.0 Å². The van der Waals surface area contributed by atoms with Gasteiger partial charge in [0.2, 0.25) is 23.6 Å². The molecule has 9 rings (SSSR count). The van der Waals surface area contributed by atoms with Gasteiger partial charge < -0.3 is 85.0 Å². The van der Waals surface area contributed by atoms with Crippen LogP contribution in [0.3, 0.4) is 0 Å². The molecule has 4 aliphatic rings. The standard InChI is InChI=1S/C40H57N15O24P4/c1-6-16-7-8-45-31-23(22(16)41)46-13-53(31)38-30(70-5)29(77-80(61,62)71-11-19-26(57)27(58)36(75-19)54-14-47-24-32(54)48-39(42)50-34(24)59)20(76-38)12-73-82(65,66)79-83(67,68)78-81(63,64)72-10-18-17(9-21(56)44-2)28(69-4)37(74-18)55-15-52(3)25-33(55)49-40(43)51-35(25)60/h8,13-15,17-20,26-30,36-38,57-58H,6-7,9-12,41H2,1-5H3,(H10-,42,43,44,48,49,50,51,56,59,60,61,62,63,64,65,66,67,68)/t17-,18-,19-,20?,26-,27-,28-,29-,30-,36-,37-,38-/m1/s1. The topological polar surface area (TPSA) is 549 Å². The third-order valence-corrected chi connectivity index (χ3v) is 18.9. The van der Waals surface area contributed by atoms with Gasteiger partial charge in [0, 0.05) is 46.2 Å². The van der Waals surface area contributed by atoms with E-state index < -0.39 is 142 Å². The summed E-state index contributed by atoms with van der Waals surface area (Å²) in [4.78, 5) is 109. The molecule has 0 saturated carbocycles. The molecule has 4 aliphatic heterocycles. The van der Waals surface area contributed by atoms with Gasteiger partial charge in [0.15, 0.2) is 35.8 Å². The van der Waals surface area contributed by atoms with Crippen molar-refractivity contribution in [2.75, 3.05) is 52.6 Å². The van der Waals surface area contributed by atoms with Crippen LogP contribution in [0.2, 0.25) is 0 Å². The molecule has 0 radical (unpaired) electrons. The highest BCUT2D eigenvalue weighted by Gasteiger charge is 2.54. The van der Waals surface area contributed by atoms with E-state index in [2.05, 4.69) is 48.8 Å². The number of nitrogens with zero attached hydrogens (tertiary/aromatic N) is 9. The molecule has 3 saturated heterocycles. The lowest BCUT2D eigenvalue weighted by Crippen LogP contribution is -2.46. The second kappa shape index (κ2) is 24.1. The molecule has 3 fully saturated rings. The van der Waals surface area contributed by atoms with Gasteiger partial charge in [0.05, 0.1) is 51.3 Å². The highest BCUT2D eigenvalue weighted by atomic mass is 31.3. The fourth-order valence-electron chi connectivity index (χ4n) is 9.86. The number of phosphoric acid groups is 4. The van der Waals surface area contributed by atoms with Crippen LogP contribution in [-0.2, 0) is 80.5 Å². The Balaban J connectivity index is 0.897. The summed E-state index contributed by atoms with van der Waals surface area (Å²) in [7, 11) is -18.6. The third kappa shape index (κ3) is 12.9. The van der Waals surface area contributed by atoms with Crippen LogP contribution >= 0.6 is 31.3 Å². The predicted octanol–water partition coefficient (Wildman–Crippen LogP) is -2.64. The van der Waals surface area contributed by atoms with Crippen molar-refractivity contribution in [3.63, 3.8) is 0 Å². The number of carbonyl (C=O) groups is 1. The summed E-state index contributed by atoms with van der Waals surface area (Å²) in [5.41, 5.74) is 17.5. The lowest BCUT2D eigenvalue weighted by molar-refractivity contribution is -0.746. The van der Waals surface area contributed by atoms with Crippen LogP contribution in [0.25, 0.3) is 28.0 Å². The van der Waals surface area contributed by atoms with Crippen molar-refractivity contribution < 1.29 is 108 Å². The third-order valence-electron chi connectivity index (χ3n) is 13.7. The van der Waals surface area contributed by atoms with Crippen molar-refractivity contribution in [2.45, 2.75) is 93.7 Å². The Bertz CT molecular complexity index is 3670. The number of amides is 1. The Kier molecular flexibility index (Phi) is 18.0. The molecule has 0 aliphatic carbocycles. The number of methoxy groups -OCH3 is 2. The first kappa shape index (κ1) is 62.0. The van der Waals surface area contributed by atoms with Crippen molar-refractivity contribution in [1.29, 1.82) is 0 Å². The average Bonchev–Trinajstić information content (AvgIpc) is 3.14. The molecule has 5 aromatic heterocycles. The van der Waals surface area contributed by atoms with E-state index in [0.29, 0.717) is 12.8 Å². The number of aliphatic hydroxyl groups excluding tert-OH is 2. The molecule has 0 bridgehead atoms. The second-order valence-electron chi connectivity index (χ2n) is 18.8. The number of nitrogen functional groups attached to an aromatic ring is 2. The Hall–Kier alpha value is -5.57. The Morgan fingerprint density at radius 3 is 2.12 bits per heavy atom. The minimum atomic E-state index is -6.23. The minimum absolute atomic E-state index is 0.0131. The van der Waals surface area contributed by atoms with Gasteiger partial charge in [-0.25, -0.2) is 33.2 Å². The molecule has 39 nitrogen and oxygen atoms in total. The number of fused-ring (bicyclic) bond motifs is 3. The number of anilines is 2. The zero-order valence-electron chi connectivity index (χ0n) is 44.0. The predicted molar refractivity (Wildman–Crippen MR) is 274 cm³/mol. The fourth-order valence-corrected chi connectivity index (χ4v) is 14.3. The van der Waals surface area contributed by atoms with E-state index in [-0.39, 0.29) is 57.9 Å². The van der Waals surface area contributed by atoms with Crippen LogP contribution in [0, 0.1) is 5.92 Å². The fraction of sp³-hybridized carbons (Fsp3) is 0.575. The number of nitrogens with one attached hydrogen (secondary N) is 3. The Morgan fingerprint density at radius 2 is 1.46 bits per heavy atom. The van der Waals surface area contributed by atoms with Crippen LogP contribution in [0.1, 0.15) is 50.6 Å². The lowest BCUT2D eigenvalue weighted by atomic mass is 9.94. The zero-order valence-corrected chi connectivity index (χ0v) is 47.6. The first-order chi connectivity index (χ1) is 39.1. The molecule has 5 aromatic rings. The highest BCUT2D eigenvalue weighted by Crippen LogP contribution is 2.68. The van der Waals surface area contributed by atoms with E-state index in [1.807, 2.05) is 6.92 Å². The van der Waals surface area contributed by atoms with Gasteiger partial charge in [0.25, 0.3) is 24.9 Å². The van der Waals surface area contributed by atoms with E-state index >= 15 is 0 Å². The number of imidazole rings is 3. The average molecular weight is 1260 g/mol. The lowest BCUT2D eigenvalue weighted by Gasteiger charge is -2.31. The van der Waals surface area contributed by atoms with Crippen LogP contribution in [0.15, 0.2) is 39.1 Å². The molecule has 9 heterocycles. The number of phosphoric ester groups is 3. The number of aromatic nitrogens is 10. The van der Waals surface area contributed by atoms with E-state index in [4.69, 9.17) is 59.0 Å². The smallest absolute Gasteiger partial charge is 0.490 e. The van der Waals surface area contributed by atoms with Crippen molar-refractivity contribution in [1.82, 2.24) is 48.9 Å². The first-order valence-corrected chi connectivity index (χ1v) is 30.5. The monoisotopic (exact) mass is 1260 g/mol. The van der Waals surface area contributed by atoms with Crippen molar-refractivity contribution in [2.24, 2.45) is 23.7 Å². The van der Waals surface area contributed by atoms with Crippen LogP contribution in [-0.4, -0.2) is 171 Å². The molecule has 43 heteroatoms. The molecule has 456 valence electrons. The number of aryl methyl sites for hydroxylation is 1. The van der Waals surface area contributed by atoms with Crippen LogP contribution < -0.4 is 43.1 Å². The number of H-pyrrole nitrogens is 2. The van der Waals surface area contributed by atoms with Gasteiger partial charge in [-0.2, -0.15) is 13.6 Å². The second-order valence-corrected chi connectivity index (χ2v) is 24.8. The molecular weight excluding hydrogens is 1200 g/mol. The summed E-state index contributed by atoms with van der Waals surface area (Å²) >= 11 is 0. The van der Waals surface area contributed by atoms with Crippen LogP contribution in [0.5, 0.6) is 0 Å². The quantitative estimate of drug-likeness (QED) is 0.0235. The number of ether oxygens (including phenoxy) is 5. The van der Waals surface area contributed by atoms with Gasteiger partial charge in [-0.3, -0.25) is 51.7 Å². The van der Waals surface area contributed by atoms with Crippen LogP contribution in [0.4, 0.5) is 17.7 Å². The summed E-state index contributed by atoms with van der Waals surface area (Å²) in [5.74, 6) is -2.06. The molecule has 1 amide bonds. The van der Waals surface area contributed by atoms with Gasteiger partial charge in [-0.15, -0.1) is 0 Å². The van der Waals surface area contributed by atoms with E-state index in [1.165, 1.54) is 53.8 Å². The number of nitrogens with two attached hydrogens (primary N) is 3. The minimum Gasteiger partial charge on any atom is -0.756 e. The number of hydrogen-bond acceptors (Lipinski definition) is 29. The summed E-state index contributed by atoms with van der Waals surface area (Å²) in [5, 5.41) is 24.3. The number of hydrogen-bond donors (Lipinski definition) is 11. The number of rotatable bonds is 23. The summed E-state index contributed by atoms with van der Waals surface area (Å²) in [6, 6.07) is 0. The Labute approximate surface area is 465 Å². The number of aromatic amines is 2. The maximum Gasteiger partial charge on any atom is 0.490 e. The number of aliphatic hydroxyl groups is 2.